The van der Waals surface area contributed by atoms with Crippen molar-refractivity contribution < 1.29 is 4.74 Å². The quantitative estimate of drug-likeness (QED) is 0.830. The smallest absolute Gasteiger partial charge is 0.0551 e. The second-order valence-corrected chi connectivity index (χ2v) is 5.01. The van der Waals surface area contributed by atoms with Gasteiger partial charge in [0.05, 0.1) is 12.7 Å². The minimum atomic E-state index is 0.115. The Balaban J connectivity index is 2.14. The van der Waals surface area contributed by atoms with E-state index in [0.29, 0.717) is 12.0 Å². The molecule has 1 fully saturated rings. The molecular formula is C14H21NO. The summed E-state index contributed by atoms with van der Waals surface area (Å²) in [5, 5.41) is 0. The van der Waals surface area contributed by atoms with Crippen LogP contribution in [-0.2, 0) is 4.74 Å². The van der Waals surface area contributed by atoms with Crippen molar-refractivity contribution in [3.8, 4) is 0 Å². The van der Waals surface area contributed by atoms with Crippen LogP contribution in [0.2, 0.25) is 0 Å². The minimum absolute atomic E-state index is 0.115. The molecule has 0 spiro atoms. The Morgan fingerprint density at radius 2 is 2.06 bits per heavy atom. The summed E-state index contributed by atoms with van der Waals surface area (Å²) in [6.45, 7) is 7.19. The first-order valence-electron chi connectivity index (χ1n) is 6.02. The van der Waals surface area contributed by atoms with Gasteiger partial charge in [0.2, 0.25) is 0 Å². The number of hydrogen-bond acceptors (Lipinski definition) is 2. The maximum absolute atomic E-state index is 6.30. The largest absolute Gasteiger partial charge is 0.378 e. The van der Waals surface area contributed by atoms with Gasteiger partial charge in [-0.25, -0.2) is 0 Å². The van der Waals surface area contributed by atoms with Gasteiger partial charge in [-0.15, -0.1) is 0 Å². The lowest BCUT2D eigenvalue weighted by atomic mass is 9.90. The molecule has 3 unspecified atom stereocenters. The highest BCUT2D eigenvalue weighted by Crippen LogP contribution is 2.30. The lowest BCUT2D eigenvalue weighted by Crippen LogP contribution is -2.21. The molecule has 0 radical (unpaired) electrons. The van der Waals surface area contributed by atoms with Crippen LogP contribution in [-0.4, -0.2) is 12.7 Å². The van der Waals surface area contributed by atoms with E-state index in [1.165, 1.54) is 16.7 Å². The van der Waals surface area contributed by atoms with E-state index in [1.54, 1.807) is 0 Å². The van der Waals surface area contributed by atoms with Crippen molar-refractivity contribution in [2.75, 3.05) is 6.61 Å². The van der Waals surface area contributed by atoms with E-state index >= 15 is 0 Å². The second kappa shape index (κ2) is 4.56. The maximum Gasteiger partial charge on any atom is 0.0551 e. The molecule has 1 aromatic carbocycles. The highest BCUT2D eigenvalue weighted by Gasteiger charge is 2.28. The van der Waals surface area contributed by atoms with Gasteiger partial charge in [-0.1, -0.05) is 18.2 Å². The van der Waals surface area contributed by atoms with E-state index in [2.05, 4.69) is 39.0 Å². The van der Waals surface area contributed by atoms with Crippen LogP contribution in [0.4, 0.5) is 0 Å². The predicted octanol–water partition coefficient (Wildman–Crippen LogP) is 2.73. The van der Waals surface area contributed by atoms with Crippen LogP contribution in [0, 0.1) is 19.8 Å². The van der Waals surface area contributed by atoms with E-state index in [0.717, 1.165) is 13.0 Å². The van der Waals surface area contributed by atoms with Crippen molar-refractivity contribution in [1.29, 1.82) is 0 Å². The van der Waals surface area contributed by atoms with Crippen LogP contribution >= 0.6 is 0 Å². The fraction of sp³-hybridized carbons (Fsp3) is 0.571. The van der Waals surface area contributed by atoms with Crippen molar-refractivity contribution in [2.45, 2.75) is 39.3 Å². The summed E-state index contributed by atoms with van der Waals surface area (Å²) in [6, 6.07) is 6.63. The third kappa shape index (κ3) is 2.28. The van der Waals surface area contributed by atoms with Crippen LogP contribution in [0.25, 0.3) is 0 Å². The summed E-state index contributed by atoms with van der Waals surface area (Å²) in [5.41, 5.74) is 10.2. The minimum Gasteiger partial charge on any atom is -0.378 e. The molecule has 0 bridgehead atoms. The molecule has 88 valence electrons. The number of hydrogen-bond donors (Lipinski definition) is 1. The molecule has 2 heteroatoms. The highest BCUT2D eigenvalue weighted by atomic mass is 16.5. The molecule has 0 aliphatic carbocycles. The molecule has 1 aromatic rings. The third-order valence-electron chi connectivity index (χ3n) is 3.65. The number of benzene rings is 1. The van der Waals surface area contributed by atoms with E-state index < -0.39 is 0 Å². The Labute approximate surface area is 97.8 Å². The number of rotatable bonds is 2. The first-order valence-corrected chi connectivity index (χ1v) is 6.02. The van der Waals surface area contributed by atoms with Gasteiger partial charge in [0.1, 0.15) is 0 Å². The molecule has 1 aliphatic heterocycles. The van der Waals surface area contributed by atoms with Crippen LogP contribution < -0.4 is 5.73 Å². The maximum atomic E-state index is 6.30. The summed E-state index contributed by atoms with van der Waals surface area (Å²) < 4.78 is 5.58. The molecule has 0 saturated carbocycles. The number of nitrogens with two attached hydrogens (primary N) is 1. The monoisotopic (exact) mass is 219 g/mol. The first-order chi connectivity index (χ1) is 7.58. The standard InChI is InChI=1S/C14H21NO/c1-9-4-5-12(6-10(9)2)14(15)13-7-11(3)16-8-13/h4-6,11,13-14H,7-8,15H2,1-3H3. The van der Waals surface area contributed by atoms with Gasteiger partial charge in [-0.05, 0) is 43.9 Å². The summed E-state index contributed by atoms with van der Waals surface area (Å²) in [7, 11) is 0. The Bertz CT molecular complexity index is 375. The van der Waals surface area contributed by atoms with Crippen molar-refractivity contribution in [1.82, 2.24) is 0 Å². The van der Waals surface area contributed by atoms with E-state index in [9.17, 15) is 0 Å². The van der Waals surface area contributed by atoms with Crippen LogP contribution in [0.5, 0.6) is 0 Å². The highest BCUT2D eigenvalue weighted by molar-refractivity contribution is 5.32. The lowest BCUT2D eigenvalue weighted by Gasteiger charge is -2.19. The average molecular weight is 219 g/mol. The molecular weight excluding hydrogens is 198 g/mol. The predicted molar refractivity (Wildman–Crippen MR) is 66.4 cm³/mol. The van der Waals surface area contributed by atoms with Gasteiger partial charge in [-0.2, -0.15) is 0 Å². The lowest BCUT2D eigenvalue weighted by molar-refractivity contribution is 0.118. The van der Waals surface area contributed by atoms with E-state index in [-0.39, 0.29) is 6.04 Å². The van der Waals surface area contributed by atoms with Gasteiger partial charge in [0, 0.05) is 12.0 Å². The van der Waals surface area contributed by atoms with Gasteiger partial charge < -0.3 is 10.5 Å². The molecule has 2 N–H and O–H groups in total. The first kappa shape index (κ1) is 11.6. The van der Waals surface area contributed by atoms with Crippen LogP contribution in [0.15, 0.2) is 18.2 Å². The fourth-order valence-electron chi connectivity index (χ4n) is 2.34. The average Bonchev–Trinajstić information content (AvgIpc) is 2.68. The summed E-state index contributed by atoms with van der Waals surface area (Å²) in [6.07, 6.45) is 1.44. The summed E-state index contributed by atoms with van der Waals surface area (Å²) >= 11 is 0. The summed E-state index contributed by atoms with van der Waals surface area (Å²) in [5.74, 6) is 0.470. The van der Waals surface area contributed by atoms with Crippen molar-refractivity contribution in [2.24, 2.45) is 11.7 Å². The van der Waals surface area contributed by atoms with Crippen molar-refractivity contribution >= 4 is 0 Å². The summed E-state index contributed by atoms with van der Waals surface area (Å²) in [4.78, 5) is 0. The zero-order valence-corrected chi connectivity index (χ0v) is 10.4. The molecule has 16 heavy (non-hydrogen) atoms. The molecule has 1 heterocycles. The molecule has 3 atom stereocenters. The van der Waals surface area contributed by atoms with E-state index in [1.807, 2.05) is 0 Å². The Morgan fingerprint density at radius 1 is 1.31 bits per heavy atom. The Hall–Kier alpha value is -0.860. The Morgan fingerprint density at radius 3 is 2.62 bits per heavy atom. The Kier molecular flexibility index (Phi) is 3.31. The number of aryl methyl sites for hydroxylation is 2. The van der Waals surface area contributed by atoms with Gasteiger partial charge in [0.25, 0.3) is 0 Å². The van der Waals surface area contributed by atoms with Gasteiger partial charge in [-0.3, -0.25) is 0 Å². The SMILES string of the molecule is Cc1ccc(C(N)C2COC(C)C2)cc1C. The molecule has 1 saturated heterocycles. The number of ether oxygens (including phenoxy) is 1. The van der Waals surface area contributed by atoms with E-state index in [4.69, 9.17) is 10.5 Å². The topological polar surface area (TPSA) is 35.2 Å². The van der Waals surface area contributed by atoms with Crippen molar-refractivity contribution in [3.63, 3.8) is 0 Å². The van der Waals surface area contributed by atoms with Crippen LogP contribution in [0.3, 0.4) is 0 Å². The van der Waals surface area contributed by atoms with Crippen molar-refractivity contribution in [3.05, 3.63) is 34.9 Å². The zero-order valence-electron chi connectivity index (χ0n) is 10.4. The molecule has 0 aromatic heterocycles. The van der Waals surface area contributed by atoms with Gasteiger partial charge in [0.15, 0.2) is 0 Å². The van der Waals surface area contributed by atoms with Gasteiger partial charge >= 0.3 is 0 Å². The molecule has 2 nitrogen and oxygen atoms in total. The second-order valence-electron chi connectivity index (χ2n) is 5.01. The third-order valence-corrected chi connectivity index (χ3v) is 3.65. The molecule has 2 rings (SSSR count). The zero-order chi connectivity index (χ0) is 11.7. The molecule has 1 aliphatic rings. The normalized spacial score (nSPS) is 27.0. The fourth-order valence-corrected chi connectivity index (χ4v) is 2.34. The molecule has 0 amide bonds. The van der Waals surface area contributed by atoms with Crippen LogP contribution in [0.1, 0.15) is 36.1 Å².